The van der Waals surface area contributed by atoms with E-state index in [0.29, 0.717) is 23.9 Å². The molecule has 0 rings (SSSR count). The van der Waals surface area contributed by atoms with Gasteiger partial charge in [0.25, 0.3) is 0 Å². The molecule has 84 heavy (non-hydrogen) atoms. The lowest BCUT2D eigenvalue weighted by molar-refractivity contribution is -0.870. The molecule has 0 bridgehead atoms. The fraction of sp³-hybridized carbons (Fsp3) is 0.838. The number of likely N-dealkylation sites (N-methyl/N-ethyl adjacent to an activating group) is 1. The van der Waals surface area contributed by atoms with Crippen LogP contribution < -0.4 is 0 Å². The number of ether oxygens (including phenoxy) is 2. The maximum atomic E-state index is 12.9. The minimum Gasteiger partial charge on any atom is -0.462 e. The number of carbonyl (C=O) groups excluding carboxylic acids is 2. The average Bonchev–Trinajstić information content (AvgIpc) is 3.61. The summed E-state index contributed by atoms with van der Waals surface area (Å²) < 4.78 is 34.8. The molecule has 0 saturated heterocycles. The van der Waals surface area contributed by atoms with Crippen molar-refractivity contribution in [2.45, 2.75) is 354 Å². The molecule has 0 heterocycles. The summed E-state index contributed by atoms with van der Waals surface area (Å²) in [6.07, 6.45) is 86.2. The fourth-order valence-corrected chi connectivity index (χ4v) is 11.3. The Bertz CT molecular complexity index is 1600. The molecule has 2 unspecified atom stereocenters. The molecule has 2 atom stereocenters. The molecule has 0 aliphatic heterocycles. The molecule has 0 fully saturated rings. The third-order valence-corrected chi connectivity index (χ3v) is 17.0. The van der Waals surface area contributed by atoms with Crippen LogP contribution in [0.5, 0.6) is 0 Å². The summed E-state index contributed by atoms with van der Waals surface area (Å²) in [6.45, 7) is 4.38. The topological polar surface area (TPSA) is 108 Å². The number of phosphoric acid groups is 1. The first-order chi connectivity index (χ1) is 41.0. The number of phosphoric ester groups is 1. The number of rotatable bonds is 67. The Hall–Kier alpha value is -2.29. The van der Waals surface area contributed by atoms with Crippen molar-refractivity contribution >= 4 is 19.8 Å². The Labute approximate surface area is 521 Å². The first-order valence-corrected chi connectivity index (χ1v) is 37.5. The first kappa shape index (κ1) is 81.7. The fourth-order valence-electron chi connectivity index (χ4n) is 10.5. The second-order valence-electron chi connectivity index (χ2n) is 25.6. The molecule has 0 radical (unpaired) electrons. The summed E-state index contributed by atoms with van der Waals surface area (Å²) in [5, 5.41) is 0. The molecule has 492 valence electrons. The molecule has 0 aliphatic rings. The Balaban J connectivity index is 3.98. The van der Waals surface area contributed by atoms with Crippen LogP contribution in [0.1, 0.15) is 348 Å². The third-order valence-electron chi connectivity index (χ3n) is 16.0. The van der Waals surface area contributed by atoms with Crippen molar-refractivity contribution in [3.8, 4) is 0 Å². The van der Waals surface area contributed by atoms with Gasteiger partial charge in [0.05, 0.1) is 27.7 Å². The lowest BCUT2D eigenvalue weighted by Crippen LogP contribution is -2.37. The molecule has 10 heteroatoms. The minimum atomic E-state index is -4.39. The molecule has 0 spiro atoms. The number of nitrogens with zero attached hydrogens (tertiary/aromatic N) is 1. The average molecular weight is 1200 g/mol. The minimum absolute atomic E-state index is 0.0323. The van der Waals surface area contributed by atoms with Gasteiger partial charge in [-0.3, -0.25) is 18.6 Å². The van der Waals surface area contributed by atoms with Crippen LogP contribution in [0.15, 0.2) is 60.8 Å². The van der Waals surface area contributed by atoms with Gasteiger partial charge in [-0.05, 0) is 77.0 Å². The molecule has 0 amide bonds. The van der Waals surface area contributed by atoms with Crippen LogP contribution in [0.25, 0.3) is 0 Å². The zero-order chi connectivity index (χ0) is 61.2. The van der Waals surface area contributed by atoms with E-state index in [1.165, 1.54) is 257 Å². The highest BCUT2D eigenvalue weighted by atomic mass is 31.2. The number of allylic oxidation sites excluding steroid dienone is 10. The van der Waals surface area contributed by atoms with Gasteiger partial charge in [0, 0.05) is 12.8 Å². The maximum absolute atomic E-state index is 12.9. The van der Waals surface area contributed by atoms with Gasteiger partial charge in [-0.25, -0.2) is 4.57 Å². The van der Waals surface area contributed by atoms with E-state index in [2.05, 4.69) is 74.6 Å². The summed E-state index contributed by atoms with van der Waals surface area (Å²) in [4.78, 5) is 35.9. The van der Waals surface area contributed by atoms with Gasteiger partial charge in [0.2, 0.25) is 0 Å². The monoisotopic (exact) mass is 1200 g/mol. The molecule has 0 aliphatic carbocycles. The van der Waals surface area contributed by atoms with E-state index in [0.717, 1.165) is 57.8 Å². The van der Waals surface area contributed by atoms with Crippen LogP contribution in [0, 0.1) is 0 Å². The van der Waals surface area contributed by atoms with Crippen molar-refractivity contribution in [1.82, 2.24) is 0 Å². The largest absolute Gasteiger partial charge is 0.472 e. The van der Waals surface area contributed by atoms with Gasteiger partial charge in [-0.15, -0.1) is 0 Å². The standard InChI is InChI=1S/C74H138NO8P/c1-6-8-10-12-14-16-18-20-22-24-26-28-30-32-34-35-36-37-38-39-41-42-44-46-48-50-52-54-56-58-60-62-64-66-73(76)80-70-72(71-82-84(78,79)81-69-68-75(3,4)5)83-74(77)67-65-63-61-59-57-55-53-51-49-47-45-43-40-33-31-29-27-25-23-21-19-17-15-13-11-9-7-2/h9,11,15,17,21,23-24,26-27,29,72H,6-8,10,12-14,16,18-20,22,25,28,30-71H2,1-5H3/p+1/b11-9-,17-15-,23-21-,26-24-,29-27-. The Morgan fingerprint density at radius 3 is 1.02 bits per heavy atom. The molecule has 0 saturated carbocycles. The molecule has 0 aromatic rings. The van der Waals surface area contributed by atoms with Crippen molar-refractivity contribution in [2.75, 3.05) is 47.5 Å². The Morgan fingerprint density at radius 2 is 0.679 bits per heavy atom. The van der Waals surface area contributed by atoms with Crippen LogP contribution in [0.2, 0.25) is 0 Å². The zero-order valence-corrected chi connectivity index (χ0v) is 57.0. The number of esters is 2. The summed E-state index contributed by atoms with van der Waals surface area (Å²) >= 11 is 0. The highest BCUT2D eigenvalue weighted by Gasteiger charge is 2.27. The van der Waals surface area contributed by atoms with Crippen molar-refractivity contribution in [3.63, 3.8) is 0 Å². The van der Waals surface area contributed by atoms with Crippen LogP contribution in [-0.4, -0.2) is 74.9 Å². The van der Waals surface area contributed by atoms with Crippen molar-refractivity contribution in [3.05, 3.63) is 60.8 Å². The summed E-state index contributed by atoms with van der Waals surface area (Å²) in [5.74, 6) is -0.782. The highest BCUT2D eigenvalue weighted by Crippen LogP contribution is 2.43. The van der Waals surface area contributed by atoms with E-state index in [1.807, 2.05) is 21.1 Å². The van der Waals surface area contributed by atoms with Gasteiger partial charge < -0.3 is 18.9 Å². The van der Waals surface area contributed by atoms with E-state index in [4.69, 9.17) is 18.5 Å². The molecular formula is C74H139NO8P+. The predicted octanol–water partition coefficient (Wildman–Crippen LogP) is 23.4. The molecule has 0 aromatic heterocycles. The molecular weight excluding hydrogens is 1060 g/mol. The van der Waals surface area contributed by atoms with Crippen molar-refractivity contribution in [1.29, 1.82) is 0 Å². The smallest absolute Gasteiger partial charge is 0.462 e. The SMILES string of the molecule is CC/C=C\C/C=C\C/C=C\C/C=C\CCCCCCCCCCCCCCCCC(=O)OC(COC(=O)CCCCCCCCCCCCCCCCCCCCCCC/C=C\CCCCCCCCCC)COP(=O)(O)OCC[N+](C)(C)C. The summed E-state index contributed by atoms with van der Waals surface area (Å²) in [7, 11) is 1.49. The lowest BCUT2D eigenvalue weighted by atomic mass is 10.0. The number of quaternary nitrogens is 1. The van der Waals surface area contributed by atoms with Crippen LogP contribution in [0.4, 0.5) is 0 Å². The van der Waals surface area contributed by atoms with E-state index < -0.39 is 26.5 Å². The van der Waals surface area contributed by atoms with E-state index in [-0.39, 0.29) is 25.6 Å². The molecule has 9 nitrogen and oxygen atoms in total. The summed E-state index contributed by atoms with van der Waals surface area (Å²) in [6, 6.07) is 0. The van der Waals surface area contributed by atoms with Gasteiger partial charge in [0.15, 0.2) is 6.10 Å². The van der Waals surface area contributed by atoms with Gasteiger partial charge >= 0.3 is 19.8 Å². The number of hydrogen-bond donors (Lipinski definition) is 1. The normalized spacial score (nSPS) is 13.5. The first-order valence-electron chi connectivity index (χ1n) is 36.0. The van der Waals surface area contributed by atoms with Crippen LogP contribution in [-0.2, 0) is 32.7 Å². The van der Waals surface area contributed by atoms with E-state index in [9.17, 15) is 19.0 Å². The highest BCUT2D eigenvalue weighted by molar-refractivity contribution is 7.47. The van der Waals surface area contributed by atoms with Gasteiger partial charge in [0.1, 0.15) is 19.8 Å². The van der Waals surface area contributed by atoms with Gasteiger partial charge in [-0.1, -0.05) is 319 Å². The Kier molecular flexibility index (Phi) is 63.4. The second-order valence-corrected chi connectivity index (χ2v) is 27.0. The molecule has 1 N–H and O–H groups in total. The van der Waals surface area contributed by atoms with Crippen molar-refractivity contribution < 1.29 is 42.1 Å². The van der Waals surface area contributed by atoms with E-state index in [1.54, 1.807) is 0 Å². The van der Waals surface area contributed by atoms with Gasteiger partial charge in [-0.2, -0.15) is 0 Å². The molecule has 0 aromatic carbocycles. The second kappa shape index (κ2) is 65.2. The zero-order valence-electron chi connectivity index (χ0n) is 56.1. The van der Waals surface area contributed by atoms with Crippen LogP contribution >= 0.6 is 7.82 Å². The quantitative estimate of drug-likeness (QED) is 0.0211. The number of unbranched alkanes of at least 4 members (excludes halogenated alkanes) is 43. The maximum Gasteiger partial charge on any atom is 0.472 e. The number of hydrogen-bond acceptors (Lipinski definition) is 7. The third kappa shape index (κ3) is 68.8. The summed E-state index contributed by atoms with van der Waals surface area (Å²) in [5.41, 5.74) is 0. The van der Waals surface area contributed by atoms with E-state index >= 15 is 0 Å². The predicted molar refractivity (Wildman–Crippen MR) is 363 cm³/mol. The lowest BCUT2D eigenvalue weighted by Gasteiger charge is -2.24. The Morgan fingerprint density at radius 1 is 0.381 bits per heavy atom. The number of carbonyl (C=O) groups is 2. The van der Waals surface area contributed by atoms with Crippen molar-refractivity contribution in [2.24, 2.45) is 0 Å². The van der Waals surface area contributed by atoms with Crippen LogP contribution in [0.3, 0.4) is 0 Å².